The van der Waals surface area contributed by atoms with Crippen molar-refractivity contribution in [2.24, 2.45) is 0 Å². The van der Waals surface area contributed by atoms with Gasteiger partial charge in [-0.1, -0.05) is 30.3 Å². The van der Waals surface area contributed by atoms with Gasteiger partial charge in [-0.25, -0.2) is 0 Å². The molecule has 0 fully saturated rings. The fourth-order valence-electron chi connectivity index (χ4n) is 2.56. The molecule has 3 aromatic rings. The van der Waals surface area contributed by atoms with Crippen LogP contribution in [-0.2, 0) is 6.61 Å². The Kier molecular flexibility index (Phi) is 3.12. The lowest BCUT2D eigenvalue weighted by Crippen LogP contribution is -1.96. The summed E-state index contributed by atoms with van der Waals surface area (Å²) in [5.74, 6) is 0.0268. The van der Waals surface area contributed by atoms with Crippen LogP contribution < -0.4 is 0 Å². The number of benzene rings is 1. The molecule has 2 aromatic heterocycles. The van der Waals surface area contributed by atoms with E-state index in [1.807, 2.05) is 59.1 Å². The summed E-state index contributed by atoms with van der Waals surface area (Å²) in [7, 11) is 0. The van der Waals surface area contributed by atoms with E-state index in [9.17, 15) is 9.90 Å². The molecule has 0 aliphatic heterocycles. The highest BCUT2D eigenvalue weighted by Crippen LogP contribution is 2.31. The summed E-state index contributed by atoms with van der Waals surface area (Å²) in [6.07, 6.45) is 1.89. The second-order valence-corrected chi connectivity index (χ2v) is 4.77. The van der Waals surface area contributed by atoms with Gasteiger partial charge in [-0.3, -0.25) is 4.79 Å². The quantitative estimate of drug-likeness (QED) is 0.738. The van der Waals surface area contributed by atoms with Gasteiger partial charge in [-0.15, -0.1) is 0 Å². The second-order valence-electron chi connectivity index (χ2n) is 4.77. The summed E-state index contributed by atoms with van der Waals surface area (Å²) in [6.45, 7) is 1.55. The number of aliphatic hydroxyl groups is 1. The molecule has 0 aliphatic rings. The van der Waals surface area contributed by atoms with Crippen LogP contribution in [0.3, 0.4) is 0 Å². The third-order valence-corrected chi connectivity index (χ3v) is 3.52. The summed E-state index contributed by atoms with van der Waals surface area (Å²) in [5.41, 5.74) is 4.42. The minimum atomic E-state index is -0.0181. The van der Waals surface area contributed by atoms with Gasteiger partial charge in [0, 0.05) is 18.7 Å². The lowest BCUT2D eigenvalue weighted by atomic mass is 10.0. The van der Waals surface area contributed by atoms with Gasteiger partial charge in [0.2, 0.25) is 0 Å². The average Bonchev–Trinajstić information content (AvgIpc) is 2.87. The van der Waals surface area contributed by atoms with E-state index < -0.39 is 0 Å². The molecule has 0 bridgehead atoms. The number of ketones is 1. The van der Waals surface area contributed by atoms with Gasteiger partial charge < -0.3 is 9.51 Å². The zero-order chi connectivity index (χ0) is 14.1. The number of pyridine rings is 1. The van der Waals surface area contributed by atoms with E-state index in [4.69, 9.17) is 0 Å². The summed E-state index contributed by atoms with van der Waals surface area (Å²) in [5, 5.41) is 9.49. The number of rotatable bonds is 3. The van der Waals surface area contributed by atoms with Gasteiger partial charge in [0.1, 0.15) is 0 Å². The first-order valence-corrected chi connectivity index (χ1v) is 6.52. The first kappa shape index (κ1) is 12.6. The van der Waals surface area contributed by atoms with Gasteiger partial charge in [-0.05, 0) is 29.3 Å². The zero-order valence-electron chi connectivity index (χ0n) is 11.2. The van der Waals surface area contributed by atoms with Crippen LogP contribution in [0.5, 0.6) is 0 Å². The van der Waals surface area contributed by atoms with Gasteiger partial charge in [0.25, 0.3) is 0 Å². The van der Waals surface area contributed by atoms with E-state index in [-0.39, 0.29) is 12.4 Å². The van der Waals surface area contributed by atoms with Crippen molar-refractivity contribution in [1.29, 1.82) is 0 Å². The highest BCUT2D eigenvalue weighted by molar-refractivity contribution is 5.98. The maximum Gasteiger partial charge on any atom is 0.176 e. The Morgan fingerprint density at radius 2 is 1.85 bits per heavy atom. The molecular formula is C17H15NO2. The first-order valence-electron chi connectivity index (χ1n) is 6.52. The van der Waals surface area contributed by atoms with E-state index in [2.05, 4.69) is 0 Å². The first-order chi connectivity index (χ1) is 9.72. The molecule has 0 unspecified atom stereocenters. The fourth-order valence-corrected chi connectivity index (χ4v) is 2.56. The number of aliphatic hydroxyl groups excluding tert-OH is 1. The van der Waals surface area contributed by atoms with Crippen molar-refractivity contribution < 1.29 is 9.90 Å². The molecule has 3 nitrogen and oxygen atoms in total. The largest absolute Gasteiger partial charge is 0.392 e. The number of Topliss-reactive ketones (excluding diaryl/α,β-unsaturated/α-hetero) is 1. The minimum Gasteiger partial charge on any atom is -0.392 e. The minimum absolute atomic E-state index is 0.0181. The van der Waals surface area contributed by atoms with E-state index in [0.29, 0.717) is 5.69 Å². The lowest BCUT2D eigenvalue weighted by molar-refractivity contribution is 0.101. The summed E-state index contributed by atoms with van der Waals surface area (Å²) < 4.78 is 1.89. The summed E-state index contributed by atoms with van der Waals surface area (Å²) in [4.78, 5) is 11.8. The summed E-state index contributed by atoms with van der Waals surface area (Å²) in [6, 6.07) is 15.4. The Labute approximate surface area is 117 Å². The number of hydrogen-bond donors (Lipinski definition) is 1. The van der Waals surface area contributed by atoms with Crippen molar-refractivity contribution in [3.8, 4) is 11.1 Å². The van der Waals surface area contributed by atoms with Crippen LogP contribution in [0.15, 0.2) is 54.7 Å². The molecule has 0 atom stereocenters. The van der Waals surface area contributed by atoms with Crippen LogP contribution in [-0.4, -0.2) is 15.3 Å². The number of nitrogens with zero attached hydrogens (tertiary/aromatic N) is 1. The number of fused-ring (bicyclic) bond motifs is 1. The smallest absolute Gasteiger partial charge is 0.176 e. The topological polar surface area (TPSA) is 41.7 Å². The van der Waals surface area contributed by atoms with Gasteiger partial charge in [-0.2, -0.15) is 0 Å². The van der Waals surface area contributed by atoms with E-state index in [0.717, 1.165) is 22.2 Å². The third kappa shape index (κ3) is 1.92. The standard InChI is InChI=1S/C17H15NO2/c1-12(20)17-10-15(16-8-4-5-9-18(16)17)14-7-3-2-6-13(14)11-19/h2-10,19H,11H2,1H3. The molecule has 0 aliphatic carbocycles. The van der Waals surface area contributed by atoms with Crippen molar-refractivity contribution in [3.63, 3.8) is 0 Å². The van der Waals surface area contributed by atoms with E-state index >= 15 is 0 Å². The average molecular weight is 265 g/mol. The Balaban J connectivity index is 2.34. The second kappa shape index (κ2) is 4.94. The van der Waals surface area contributed by atoms with Gasteiger partial charge >= 0.3 is 0 Å². The molecule has 3 heteroatoms. The molecule has 100 valence electrons. The Bertz CT molecular complexity index is 787. The van der Waals surface area contributed by atoms with Crippen molar-refractivity contribution in [3.05, 3.63) is 66.0 Å². The van der Waals surface area contributed by atoms with Crippen molar-refractivity contribution in [2.45, 2.75) is 13.5 Å². The molecule has 0 radical (unpaired) electrons. The van der Waals surface area contributed by atoms with Gasteiger partial charge in [0.15, 0.2) is 5.78 Å². The molecule has 0 saturated carbocycles. The maximum atomic E-state index is 11.8. The fraction of sp³-hybridized carbons (Fsp3) is 0.118. The molecule has 1 N–H and O–H groups in total. The Morgan fingerprint density at radius 3 is 2.60 bits per heavy atom. The normalized spacial score (nSPS) is 10.9. The molecule has 3 rings (SSSR count). The van der Waals surface area contributed by atoms with E-state index in [1.165, 1.54) is 0 Å². The van der Waals surface area contributed by atoms with Crippen molar-refractivity contribution in [1.82, 2.24) is 4.40 Å². The molecule has 1 aromatic carbocycles. The van der Waals surface area contributed by atoms with Crippen LogP contribution in [0.25, 0.3) is 16.6 Å². The number of carbonyl (C=O) groups is 1. The van der Waals surface area contributed by atoms with Crippen molar-refractivity contribution >= 4 is 11.3 Å². The molecule has 2 heterocycles. The SMILES string of the molecule is CC(=O)c1cc(-c2ccccc2CO)c2ccccn12. The van der Waals surface area contributed by atoms with Crippen LogP contribution in [0.4, 0.5) is 0 Å². The predicted molar refractivity (Wildman–Crippen MR) is 78.8 cm³/mol. The zero-order valence-corrected chi connectivity index (χ0v) is 11.2. The van der Waals surface area contributed by atoms with Gasteiger partial charge in [0.05, 0.1) is 17.8 Å². The lowest BCUT2D eigenvalue weighted by Gasteiger charge is -2.06. The van der Waals surface area contributed by atoms with Crippen LogP contribution in [0.1, 0.15) is 23.0 Å². The molecule has 20 heavy (non-hydrogen) atoms. The van der Waals surface area contributed by atoms with E-state index in [1.54, 1.807) is 6.92 Å². The Hall–Kier alpha value is -2.39. The monoisotopic (exact) mass is 265 g/mol. The van der Waals surface area contributed by atoms with Crippen LogP contribution in [0, 0.1) is 0 Å². The number of carbonyl (C=O) groups excluding carboxylic acids is 1. The Morgan fingerprint density at radius 1 is 1.10 bits per heavy atom. The molecular weight excluding hydrogens is 250 g/mol. The maximum absolute atomic E-state index is 11.8. The molecule has 0 spiro atoms. The number of aromatic nitrogens is 1. The highest BCUT2D eigenvalue weighted by atomic mass is 16.3. The van der Waals surface area contributed by atoms with Crippen LogP contribution >= 0.6 is 0 Å². The summed E-state index contributed by atoms with van der Waals surface area (Å²) >= 11 is 0. The van der Waals surface area contributed by atoms with Crippen LogP contribution in [0.2, 0.25) is 0 Å². The third-order valence-electron chi connectivity index (χ3n) is 3.52. The molecule has 0 saturated heterocycles. The van der Waals surface area contributed by atoms with Crippen molar-refractivity contribution in [2.75, 3.05) is 0 Å². The predicted octanol–water partition coefficient (Wildman–Crippen LogP) is 3.30. The number of hydrogen-bond acceptors (Lipinski definition) is 2. The molecule has 0 amide bonds. The highest BCUT2D eigenvalue weighted by Gasteiger charge is 2.14.